The third-order valence-corrected chi connectivity index (χ3v) is 7.68. The molecule has 0 heterocycles. The largest absolute Gasteiger partial charge is 0.461 e. The van der Waals surface area contributed by atoms with Gasteiger partial charge in [0.25, 0.3) is 0 Å². The molecule has 2 fully saturated rings. The molecule has 1 atom stereocenters. The smallest absolute Gasteiger partial charge is 0.323 e. The molecule has 4 rings (SSSR count). The van der Waals surface area contributed by atoms with Gasteiger partial charge in [-0.15, -0.1) is 0 Å². The van der Waals surface area contributed by atoms with E-state index in [-0.39, 0.29) is 24.0 Å². The zero-order valence-corrected chi connectivity index (χ0v) is 22.3. The molecule has 5 N–H and O–H groups in total. The molecule has 0 aliphatic heterocycles. The summed E-state index contributed by atoms with van der Waals surface area (Å²) >= 11 is 0. The number of carbonyl (C=O) groups is 1. The third kappa shape index (κ3) is 8.71. The zero-order valence-electron chi connectivity index (χ0n) is 22.3. The van der Waals surface area contributed by atoms with Crippen molar-refractivity contribution in [2.75, 3.05) is 0 Å². The maximum absolute atomic E-state index is 13.1. The molecule has 2 saturated carbocycles. The fourth-order valence-corrected chi connectivity index (χ4v) is 5.53. The number of benzene rings is 2. The summed E-state index contributed by atoms with van der Waals surface area (Å²) in [6, 6.07) is 16.5. The van der Waals surface area contributed by atoms with E-state index in [1.54, 1.807) is 6.08 Å². The van der Waals surface area contributed by atoms with E-state index in [0.717, 1.165) is 49.9 Å². The molecule has 2 aliphatic rings. The normalized spacial score (nSPS) is 18.2. The van der Waals surface area contributed by atoms with Gasteiger partial charge >= 0.3 is 5.97 Å². The Kier molecular flexibility index (Phi) is 10.8. The molecule has 204 valence electrons. The van der Waals surface area contributed by atoms with E-state index in [1.807, 2.05) is 18.2 Å². The van der Waals surface area contributed by atoms with Crippen LogP contribution in [0.2, 0.25) is 0 Å². The van der Waals surface area contributed by atoms with E-state index >= 15 is 0 Å². The predicted octanol–water partition coefficient (Wildman–Crippen LogP) is 5.26. The molecule has 2 aromatic rings. The summed E-state index contributed by atoms with van der Waals surface area (Å²) in [7, 11) is 0. The molecule has 0 aromatic heterocycles. The number of hydrogen-bond donors (Lipinski definition) is 4. The first kappa shape index (κ1) is 27.9. The number of nitrogens with one attached hydrogen (secondary N) is 2. The molecule has 0 bridgehead atoms. The predicted molar refractivity (Wildman–Crippen MR) is 151 cm³/mol. The molecule has 38 heavy (non-hydrogen) atoms. The van der Waals surface area contributed by atoms with Crippen LogP contribution < -0.4 is 16.4 Å². The Morgan fingerprint density at radius 1 is 0.947 bits per heavy atom. The molecule has 7 heteroatoms. The van der Waals surface area contributed by atoms with Crippen LogP contribution in [-0.4, -0.2) is 29.2 Å². The number of nitrogens with zero attached hydrogens (tertiary/aromatic N) is 1. The van der Waals surface area contributed by atoms with Gasteiger partial charge < -0.3 is 26.3 Å². The number of hydrogen-bond acceptors (Lipinski definition) is 6. The maximum atomic E-state index is 13.1. The third-order valence-electron chi connectivity index (χ3n) is 7.68. The van der Waals surface area contributed by atoms with Crippen molar-refractivity contribution < 1.29 is 14.7 Å². The van der Waals surface area contributed by atoms with Crippen LogP contribution >= 0.6 is 0 Å². The number of carbonyl (C=O) groups excluding carboxylic acids is 1. The lowest BCUT2D eigenvalue weighted by atomic mass is 9.83. The van der Waals surface area contributed by atoms with Crippen molar-refractivity contribution in [2.45, 2.75) is 89.6 Å². The Morgan fingerprint density at radius 2 is 1.61 bits per heavy atom. The van der Waals surface area contributed by atoms with Crippen molar-refractivity contribution >= 4 is 17.9 Å². The molecule has 0 spiro atoms. The number of esters is 1. The highest BCUT2D eigenvalue weighted by Gasteiger charge is 2.32. The number of amidine groups is 1. The second-order valence-corrected chi connectivity index (χ2v) is 10.6. The molecular formula is C31H42N4O3. The topological polar surface area (TPSA) is 109 Å². The minimum absolute atomic E-state index is 0.0471. The second-order valence-electron chi connectivity index (χ2n) is 10.6. The summed E-state index contributed by atoms with van der Waals surface area (Å²) < 4.78 is 5.92. The van der Waals surface area contributed by atoms with Crippen LogP contribution in [0.15, 0.2) is 59.8 Å². The first-order valence-corrected chi connectivity index (χ1v) is 14.1. The van der Waals surface area contributed by atoms with Gasteiger partial charge in [-0.25, -0.2) is 0 Å². The van der Waals surface area contributed by atoms with Crippen LogP contribution in [0, 0.1) is 5.92 Å². The van der Waals surface area contributed by atoms with Gasteiger partial charge in [0.2, 0.25) is 0 Å². The van der Waals surface area contributed by atoms with E-state index in [2.05, 4.69) is 52.2 Å². The highest BCUT2D eigenvalue weighted by molar-refractivity contribution is 5.94. The van der Waals surface area contributed by atoms with Gasteiger partial charge in [0.05, 0.1) is 0 Å². The Balaban J connectivity index is 1.26. The lowest BCUT2D eigenvalue weighted by Gasteiger charge is -2.30. The van der Waals surface area contributed by atoms with Crippen LogP contribution in [0.25, 0.3) is 6.08 Å². The number of oxime groups is 1. The van der Waals surface area contributed by atoms with Crippen LogP contribution in [0.1, 0.15) is 80.0 Å². The van der Waals surface area contributed by atoms with Crippen LogP contribution in [-0.2, 0) is 29.2 Å². The van der Waals surface area contributed by atoms with Gasteiger partial charge in [0.15, 0.2) is 5.84 Å². The number of ether oxygens (including phenoxy) is 1. The van der Waals surface area contributed by atoms with Crippen molar-refractivity contribution in [2.24, 2.45) is 16.8 Å². The van der Waals surface area contributed by atoms with E-state index < -0.39 is 0 Å². The molecule has 0 saturated heterocycles. The van der Waals surface area contributed by atoms with Gasteiger partial charge in [-0.3, -0.25) is 4.79 Å². The van der Waals surface area contributed by atoms with Gasteiger partial charge in [0, 0.05) is 19.6 Å². The van der Waals surface area contributed by atoms with E-state index in [4.69, 9.17) is 15.7 Å². The van der Waals surface area contributed by atoms with Crippen molar-refractivity contribution in [3.63, 3.8) is 0 Å². The lowest BCUT2D eigenvalue weighted by Crippen LogP contribution is -2.45. The van der Waals surface area contributed by atoms with E-state index in [0.29, 0.717) is 12.5 Å². The standard InChI is InChI=1S/C31H42N4O3/c32-29(35-37)18-17-23-7-6-8-26(19-23)21-33-20-24-13-15-25(16-14-24)22-34-30(27-9-2-1-3-10-27)31(36)38-28-11-4-5-12-28/h6-8,13-19,27-28,30,33-34,37H,1-5,9-12,20-22H2,(H2,32,35)/b18-17+. The van der Waals surface area contributed by atoms with Gasteiger partial charge in [0.1, 0.15) is 12.1 Å². The molecule has 0 radical (unpaired) electrons. The SMILES string of the molecule is NC(/C=C/c1cccc(CNCc2ccc(CNC(C(=O)OC3CCCC3)C3CCCCC3)cc2)c1)=N\O. The molecule has 1 unspecified atom stereocenters. The summed E-state index contributed by atoms with van der Waals surface area (Å²) in [6.45, 7) is 2.16. The van der Waals surface area contributed by atoms with Crippen LogP contribution in [0.5, 0.6) is 0 Å². The van der Waals surface area contributed by atoms with Crippen molar-refractivity contribution in [3.05, 3.63) is 76.9 Å². The lowest BCUT2D eigenvalue weighted by molar-refractivity contribution is -0.153. The molecule has 2 aliphatic carbocycles. The molecule has 7 nitrogen and oxygen atoms in total. The highest BCUT2D eigenvalue weighted by Crippen LogP contribution is 2.29. The first-order chi connectivity index (χ1) is 18.6. The quantitative estimate of drug-likeness (QED) is 0.100. The average molecular weight is 519 g/mol. The minimum Gasteiger partial charge on any atom is -0.461 e. The zero-order chi connectivity index (χ0) is 26.6. The molecular weight excluding hydrogens is 476 g/mol. The Morgan fingerprint density at radius 3 is 2.32 bits per heavy atom. The van der Waals surface area contributed by atoms with E-state index in [9.17, 15) is 4.79 Å². The van der Waals surface area contributed by atoms with Crippen molar-refractivity contribution in [1.29, 1.82) is 0 Å². The second kappa shape index (κ2) is 14.7. The Bertz CT molecular complexity index is 1070. The summed E-state index contributed by atoms with van der Waals surface area (Å²) in [4.78, 5) is 13.1. The van der Waals surface area contributed by atoms with Crippen molar-refractivity contribution in [1.82, 2.24) is 10.6 Å². The Hall–Kier alpha value is -3.16. The first-order valence-electron chi connectivity index (χ1n) is 14.1. The van der Waals surface area contributed by atoms with Crippen LogP contribution in [0.4, 0.5) is 0 Å². The summed E-state index contributed by atoms with van der Waals surface area (Å²) in [5, 5.41) is 18.7. The fraction of sp³-hybridized carbons (Fsp3) is 0.484. The number of rotatable bonds is 12. The summed E-state index contributed by atoms with van der Waals surface area (Å²) in [5.74, 6) is 0.394. The maximum Gasteiger partial charge on any atom is 0.323 e. The molecule has 0 amide bonds. The van der Waals surface area contributed by atoms with E-state index in [1.165, 1.54) is 43.2 Å². The Labute approximate surface area is 226 Å². The monoisotopic (exact) mass is 518 g/mol. The highest BCUT2D eigenvalue weighted by atomic mass is 16.5. The van der Waals surface area contributed by atoms with Gasteiger partial charge in [-0.2, -0.15) is 0 Å². The van der Waals surface area contributed by atoms with Crippen LogP contribution in [0.3, 0.4) is 0 Å². The van der Waals surface area contributed by atoms with Gasteiger partial charge in [-0.05, 0) is 72.8 Å². The summed E-state index contributed by atoms with van der Waals surface area (Å²) in [6.07, 6.45) is 13.7. The average Bonchev–Trinajstić information content (AvgIpc) is 3.46. The van der Waals surface area contributed by atoms with Gasteiger partial charge in [-0.1, -0.05) is 79.0 Å². The molecule has 2 aromatic carbocycles. The fourth-order valence-electron chi connectivity index (χ4n) is 5.53. The summed E-state index contributed by atoms with van der Waals surface area (Å²) in [5.41, 5.74) is 10.0. The number of nitrogens with two attached hydrogens (primary N) is 1. The van der Waals surface area contributed by atoms with Crippen molar-refractivity contribution in [3.8, 4) is 0 Å². The minimum atomic E-state index is -0.213.